The van der Waals surface area contributed by atoms with Gasteiger partial charge in [-0.2, -0.15) is 0 Å². The first-order valence-electron chi connectivity index (χ1n) is 11.1. The number of hydrogen-bond acceptors (Lipinski definition) is 6. The van der Waals surface area contributed by atoms with Crippen LogP contribution in [0.5, 0.6) is 0 Å². The number of aromatic nitrogens is 1. The number of nitrogens with two attached hydrogens (primary N) is 1. The van der Waals surface area contributed by atoms with Crippen molar-refractivity contribution in [1.29, 1.82) is 0 Å². The van der Waals surface area contributed by atoms with E-state index in [1.807, 2.05) is 31.2 Å². The predicted molar refractivity (Wildman–Crippen MR) is 126 cm³/mol. The summed E-state index contributed by atoms with van der Waals surface area (Å²) in [5.41, 5.74) is 7.10. The number of hydrogen-bond donors (Lipinski definition) is 7. The molecular formula is C23H33N5O6. The van der Waals surface area contributed by atoms with Crippen molar-refractivity contribution in [2.24, 2.45) is 11.7 Å². The first-order chi connectivity index (χ1) is 16.1. The highest BCUT2D eigenvalue weighted by atomic mass is 16.4. The number of fused-ring (bicyclic) bond motifs is 1. The van der Waals surface area contributed by atoms with Gasteiger partial charge < -0.3 is 36.9 Å². The van der Waals surface area contributed by atoms with Crippen LogP contribution in [0.4, 0.5) is 0 Å². The number of rotatable bonds is 12. The summed E-state index contributed by atoms with van der Waals surface area (Å²) in [7, 11) is 0. The molecule has 0 spiro atoms. The molecule has 1 aromatic carbocycles. The molecule has 186 valence electrons. The number of carboxylic acids is 1. The van der Waals surface area contributed by atoms with Crippen LogP contribution in [0.3, 0.4) is 0 Å². The summed E-state index contributed by atoms with van der Waals surface area (Å²) < 4.78 is 0. The van der Waals surface area contributed by atoms with Gasteiger partial charge in [0.2, 0.25) is 17.7 Å². The number of aromatic amines is 1. The van der Waals surface area contributed by atoms with Gasteiger partial charge in [-0.15, -0.1) is 0 Å². The van der Waals surface area contributed by atoms with Gasteiger partial charge in [-0.25, -0.2) is 4.79 Å². The lowest BCUT2D eigenvalue weighted by Gasteiger charge is -2.26. The van der Waals surface area contributed by atoms with Crippen molar-refractivity contribution < 1.29 is 29.4 Å². The number of aliphatic carboxylic acids is 1. The third kappa shape index (κ3) is 6.78. The van der Waals surface area contributed by atoms with Crippen LogP contribution in [0, 0.1) is 5.92 Å². The zero-order valence-electron chi connectivity index (χ0n) is 19.5. The molecule has 0 aliphatic carbocycles. The van der Waals surface area contributed by atoms with Gasteiger partial charge in [0.25, 0.3) is 0 Å². The monoisotopic (exact) mass is 475 g/mol. The number of carbonyl (C=O) groups excluding carboxylic acids is 3. The largest absolute Gasteiger partial charge is 0.480 e. The Bertz CT molecular complexity index is 1020. The van der Waals surface area contributed by atoms with E-state index in [4.69, 9.17) is 10.8 Å². The molecule has 0 bridgehead atoms. The van der Waals surface area contributed by atoms with Crippen LogP contribution in [0.1, 0.15) is 32.8 Å². The summed E-state index contributed by atoms with van der Waals surface area (Å²) in [5.74, 6) is -3.47. The average Bonchev–Trinajstić information content (AvgIpc) is 3.23. The summed E-state index contributed by atoms with van der Waals surface area (Å²) in [5, 5.41) is 27.0. The quantitative estimate of drug-likeness (QED) is 0.218. The average molecular weight is 476 g/mol. The topological polar surface area (TPSA) is 187 Å². The molecule has 11 nitrogen and oxygen atoms in total. The van der Waals surface area contributed by atoms with E-state index in [1.54, 1.807) is 13.1 Å². The summed E-state index contributed by atoms with van der Waals surface area (Å²) in [6.45, 7) is 4.43. The SMILES string of the molecule is CCC(C)C(NC(=O)C(N)CO)C(=O)NC(C)C(=O)NC(Cc1c[nH]c2ccccc12)C(=O)O. The number of H-pyrrole nitrogens is 1. The van der Waals surface area contributed by atoms with Gasteiger partial charge in [0.15, 0.2) is 0 Å². The number of para-hydroxylation sites is 1. The second-order valence-electron chi connectivity index (χ2n) is 8.35. The third-order valence-corrected chi connectivity index (χ3v) is 5.79. The van der Waals surface area contributed by atoms with Gasteiger partial charge in [-0.3, -0.25) is 14.4 Å². The van der Waals surface area contributed by atoms with Crippen molar-refractivity contribution in [3.63, 3.8) is 0 Å². The fourth-order valence-corrected chi connectivity index (χ4v) is 3.43. The molecule has 0 radical (unpaired) electrons. The molecule has 2 aromatic rings. The Hall–Kier alpha value is -3.44. The number of aliphatic hydroxyl groups is 1. The summed E-state index contributed by atoms with van der Waals surface area (Å²) in [4.78, 5) is 52.4. The van der Waals surface area contributed by atoms with Crippen LogP contribution in [0.15, 0.2) is 30.5 Å². The Morgan fingerprint density at radius 3 is 2.32 bits per heavy atom. The number of nitrogens with one attached hydrogen (secondary N) is 4. The number of carboxylic acid groups (broad SMARTS) is 1. The van der Waals surface area contributed by atoms with Crippen molar-refractivity contribution >= 4 is 34.6 Å². The Balaban J connectivity index is 2.05. The van der Waals surface area contributed by atoms with Crippen LogP contribution < -0.4 is 21.7 Å². The molecule has 8 N–H and O–H groups in total. The fraction of sp³-hybridized carbons (Fsp3) is 0.478. The van der Waals surface area contributed by atoms with E-state index < -0.39 is 54.5 Å². The van der Waals surface area contributed by atoms with E-state index in [2.05, 4.69) is 20.9 Å². The maximum atomic E-state index is 12.8. The lowest BCUT2D eigenvalue weighted by Crippen LogP contribution is -2.58. The second-order valence-corrected chi connectivity index (χ2v) is 8.35. The smallest absolute Gasteiger partial charge is 0.326 e. The van der Waals surface area contributed by atoms with Gasteiger partial charge in [-0.05, 0) is 24.5 Å². The number of carbonyl (C=O) groups is 4. The van der Waals surface area contributed by atoms with Crippen LogP contribution >= 0.6 is 0 Å². The highest BCUT2D eigenvalue weighted by Crippen LogP contribution is 2.19. The highest BCUT2D eigenvalue weighted by molar-refractivity contribution is 5.94. The fourth-order valence-electron chi connectivity index (χ4n) is 3.43. The van der Waals surface area contributed by atoms with Crippen molar-refractivity contribution in [2.75, 3.05) is 6.61 Å². The molecular weight excluding hydrogens is 442 g/mol. The minimum absolute atomic E-state index is 0.0519. The molecule has 0 aliphatic rings. The van der Waals surface area contributed by atoms with E-state index in [-0.39, 0.29) is 12.3 Å². The first-order valence-corrected chi connectivity index (χ1v) is 11.1. The van der Waals surface area contributed by atoms with Gasteiger partial charge in [0.05, 0.1) is 6.61 Å². The molecule has 34 heavy (non-hydrogen) atoms. The van der Waals surface area contributed by atoms with Crippen molar-refractivity contribution in [1.82, 2.24) is 20.9 Å². The number of amides is 3. The standard InChI is InChI=1S/C23H33N5O6/c1-4-12(2)19(28-21(31)16(24)11-29)22(32)26-13(3)20(30)27-18(23(33)34)9-14-10-25-17-8-6-5-7-15(14)17/h5-8,10,12-13,16,18-19,25,29H,4,9,11,24H2,1-3H3,(H,26,32)(H,27,30)(H,28,31)(H,33,34). The van der Waals surface area contributed by atoms with E-state index in [0.29, 0.717) is 6.42 Å². The molecule has 1 aromatic heterocycles. The lowest BCUT2D eigenvalue weighted by atomic mass is 9.97. The molecule has 5 unspecified atom stereocenters. The van der Waals surface area contributed by atoms with Gasteiger partial charge in [0, 0.05) is 23.5 Å². The first kappa shape index (κ1) is 26.8. The Labute approximate surface area is 197 Å². The molecule has 0 saturated heterocycles. The second kappa shape index (κ2) is 12.1. The summed E-state index contributed by atoms with van der Waals surface area (Å²) in [6.07, 6.45) is 2.31. The van der Waals surface area contributed by atoms with E-state index in [9.17, 15) is 24.3 Å². The van der Waals surface area contributed by atoms with Crippen LogP contribution in [0.25, 0.3) is 10.9 Å². The third-order valence-electron chi connectivity index (χ3n) is 5.79. The van der Waals surface area contributed by atoms with Gasteiger partial charge in [-0.1, -0.05) is 38.5 Å². The maximum Gasteiger partial charge on any atom is 0.326 e. The van der Waals surface area contributed by atoms with Gasteiger partial charge >= 0.3 is 5.97 Å². The molecule has 3 amide bonds. The number of aliphatic hydroxyl groups excluding tert-OH is 1. The van der Waals surface area contributed by atoms with Crippen molar-refractivity contribution in [2.45, 2.75) is 57.8 Å². The summed E-state index contributed by atoms with van der Waals surface area (Å²) in [6, 6.07) is 2.99. The summed E-state index contributed by atoms with van der Waals surface area (Å²) >= 11 is 0. The molecule has 0 aliphatic heterocycles. The van der Waals surface area contributed by atoms with E-state index in [1.165, 1.54) is 6.92 Å². The Morgan fingerprint density at radius 1 is 1.03 bits per heavy atom. The molecule has 2 rings (SSSR count). The Morgan fingerprint density at radius 2 is 1.71 bits per heavy atom. The Kier molecular flexibility index (Phi) is 9.58. The minimum Gasteiger partial charge on any atom is -0.480 e. The normalized spacial score (nSPS) is 15.6. The highest BCUT2D eigenvalue weighted by Gasteiger charge is 2.31. The molecule has 5 atom stereocenters. The maximum absolute atomic E-state index is 12.8. The molecule has 11 heteroatoms. The number of benzene rings is 1. The molecule has 0 fully saturated rings. The van der Waals surface area contributed by atoms with E-state index >= 15 is 0 Å². The molecule has 0 saturated carbocycles. The van der Waals surface area contributed by atoms with Crippen LogP contribution in [0.2, 0.25) is 0 Å². The lowest BCUT2D eigenvalue weighted by molar-refractivity contribution is -0.142. The zero-order chi connectivity index (χ0) is 25.4. The zero-order valence-corrected chi connectivity index (χ0v) is 19.5. The van der Waals surface area contributed by atoms with Gasteiger partial charge in [0.1, 0.15) is 24.2 Å². The van der Waals surface area contributed by atoms with Crippen molar-refractivity contribution in [3.8, 4) is 0 Å². The minimum atomic E-state index is -1.21. The van der Waals surface area contributed by atoms with Crippen LogP contribution in [-0.4, -0.2) is 69.7 Å². The van der Waals surface area contributed by atoms with Crippen molar-refractivity contribution in [3.05, 3.63) is 36.0 Å². The molecule has 1 heterocycles. The van der Waals surface area contributed by atoms with E-state index in [0.717, 1.165) is 16.5 Å². The predicted octanol–water partition coefficient (Wildman–Crippen LogP) is -0.365. The van der Waals surface area contributed by atoms with Crippen LogP contribution in [-0.2, 0) is 25.6 Å².